The van der Waals surface area contributed by atoms with Crippen LogP contribution < -0.4 is 20.3 Å². The lowest BCUT2D eigenvalue weighted by molar-refractivity contribution is -0.440. The van der Waals surface area contributed by atoms with E-state index in [1.54, 1.807) is 0 Å². The predicted octanol–water partition coefficient (Wildman–Crippen LogP) is -6.14. The smallest absolute Gasteiger partial charge is 0.306 e. The number of nitrogens with two attached hydrogens (primary N) is 1. The number of aliphatic hydroxyl groups is 8. The summed E-state index contributed by atoms with van der Waals surface area (Å²) in [5.74, 6) is -36.1. The maximum atomic E-state index is 14.0. The molecule has 1 saturated heterocycles. The van der Waals surface area contributed by atoms with Gasteiger partial charge >= 0.3 is 5.79 Å². The number of nitrogens with zero attached hydrogens (tertiary/aromatic N) is 4. The first-order valence-electron chi connectivity index (χ1n) is 13.2. The van der Waals surface area contributed by atoms with E-state index < -0.39 is 145 Å². The number of anilines is 2. The van der Waals surface area contributed by atoms with Crippen molar-refractivity contribution in [3.05, 3.63) is 17.0 Å². The Morgan fingerprint density at radius 3 is 1.66 bits per heavy atom. The molecule has 2 aliphatic rings. The SMILES string of the molecule is COc1c(O)c(O)c(-n2nc(C(N)=O)c3c2C(=O)N(c2c(O)c(O)c(N4CC(O)(O)C(O)(O)C(O)(O)C4=O)c(O)c2O)C(O)(O)C3)c(O)c1O. The fourth-order valence-electron chi connectivity index (χ4n) is 5.46. The Bertz CT molecular complexity index is 1980. The molecule has 25 heteroatoms. The minimum Gasteiger partial charge on any atom is -0.503 e. The molecule has 0 aliphatic carbocycles. The summed E-state index contributed by atoms with van der Waals surface area (Å²) in [6.07, 6.45) is -1.38. The molecular formula is C25H25N5O20. The molecular weight excluding hydrogens is 690 g/mol. The van der Waals surface area contributed by atoms with Crippen LogP contribution in [0.3, 0.4) is 0 Å². The number of carbonyl (C=O) groups is 3. The van der Waals surface area contributed by atoms with E-state index in [4.69, 9.17) is 5.73 Å². The van der Waals surface area contributed by atoms with Gasteiger partial charge in [0.05, 0.1) is 20.1 Å². The van der Waals surface area contributed by atoms with E-state index in [0.29, 0.717) is 0 Å². The van der Waals surface area contributed by atoms with Crippen LogP contribution >= 0.6 is 0 Å². The van der Waals surface area contributed by atoms with Gasteiger partial charge in [0, 0.05) is 5.56 Å². The number of β-amino-alcohol motifs (C(OH)–C–C–N with tert-alkyl or cyclic N) is 2. The average Bonchev–Trinajstić information content (AvgIpc) is 3.37. The molecule has 0 spiro atoms. The Hall–Kier alpha value is -6.06. The monoisotopic (exact) mass is 715 g/mol. The molecule has 18 N–H and O–H groups in total. The first kappa shape index (κ1) is 35.3. The van der Waals surface area contributed by atoms with E-state index in [1.807, 2.05) is 0 Å². The fourth-order valence-corrected chi connectivity index (χ4v) is 5.46. The van der Waals surface area contributed by atoms with Crippen LogP contribution in [-0.2, 0) is 11.2 Å². The lowest BCUT2D eigenvalue weighted by atomic mass is 9.89. The van der Waals surface area contributed by atoms with Crippen LogP contribution in [-0.4, -0.2) is 146 Å². The number of fused-ring (bicyclic) bond motifs is 1. The number of hydrogen-bond acceptors (Lipinski definition) is 21. The molecule has 0 unspecified atom stereocenters. The highest BCUT2D eigenvalue weighted by molar-refractivity contribution is 6.13. The van der Waals surface area contributed by atoms with Crippen molar-refractivity contribution in [3.8, 4) is 57.4 Å². The summed E-state index contributed by atoms with van der Waals surface area (Å²) in [5, 5.41) is 171. The number of aromatic hydroxyl groups is 8. The maximum absolute atomic E-state index is 14.0. The number of amides is 3. The average molecular weight is 715 g/mol. The number of rotatable bonds is 5. The van der Waals surface area contributed by atoms with Gasteiger partial charge in [0.2, 0.25) is 23.0 Å². The van der Waals surface area contributed by atoms with Crippen LogP contribution in [0.2, 0.25) is 0 Å². The number of benzene rings is 2. The molecule has 0 bridgehead atoms. The van der Waals surface area contributed by atoms with E-state index in [0.717, 1.165) is 7.11 Å². The van der Waals surface area contributed by atoms with Crippen LogP contribution in [0.15, 0.2) is 0 Å². The summed E-state index contributed by atoms with van der Waals surface area (Å²) in [4.78, 5) is 38.3. The Morgan fingerprint density at radius 2 is 1.20 bits per heavy atom. The van der Waals surface area contributed by atoms with Gasteiger partial charge in [0.25, 0.3) is 29.4 Å². The first-order valence-corrected chi connectivity index (χ1v) is 13.2. The summed E-state index contributed by atoms with van der Waals surface area (Å²) in [6.45, 7) is -1.85. The Labute approximate surface area is 273 Å². The molecule has 0 atom stereocenters. The zero-order valence-corrected chi connectivity index (χ0v) is 24.6. The van der Waals surface area contributed by atoms with Crippen LogP contribution in [0.4, 0.5) is 11.4 Å². The van der Waals surface area contributed by atoms with Crippen molar-refractivity contribution in [1.82, 2.24) is 9.78 Å². The molecule has 25 nitrogen and oxygen atoms in total. The highest BCUT2D eigenvalue weighted by Crippen LogP contribution is 2.59. The minimum atomic E-state index is -4.53. The number of methoxy groups -OCH3 is 1. The Morgan fingerprint density at radius 1 is 0.740 bits per heavy atom. The van der Waals surface area contributed by atoms with Crippen LogP contribution in [0.1, 0.15) is 26.5 Å². The predicted molar refractivity (Wildman–Crippen MR) is 150 cm³/mol. The van der Waals surface area contributed by atoms with Crippen LogP contribution in [0.25, 0.3) is 5.69 Å². The zero-order chi connectivity index (χ0) is 38.0. The number of hydrogen-bond donors (Lipinski definition) is 17. The van der Waals surface area contributed by atoms with Crippen molar-refractivity contribution in [3.63, 3.8) is 0 Å². The number of phenolic OH excluding ortho intramolecular Hbond substituents is 8. The second-order valence-electron chi connectivity index (χ2n) is 11.0. The van der Waals surface area contributed by atoms with Crippen molar-refractivity contribution in [2.24, 2.45) is 5.73 Å². The number of aromatic nitrogens is 2. The first-order chi connectivity index (χ1) is 22.8. The third-order valence-electron chi connectivity index (χ3n) is 7.94. The van der Waals surface area contributed by atoms with E-state index in [2.05, 4.69) is 9.84 Å². The number of phenols is 8. The van der Waals surface area contributed by atoms with Gasteiger partial charge in [-0.1, -0.05) is 0 Å². The molecule has 3 heterocycles. The molecule has 3 aromatic rings. The van der Waals surface area contributed by atoms with Crippen molar-refractivity contribution in [1.29, 1.82) is 0 Å². The lowest BCUT2D eigenvalue weighted by Gasteiger charge is -2.49. The third kappa shape index (κ3) is 4.29. The number of carbonyl (C=O) groups excluding carboxylic acids is 3. The van der Waals surface area contributed by atoms with Gasteiger partial charge in [0.1, 0.15) is 17.1 Å². The fraction of sp³-hybridized carbons (Fsp3) is 0.280. The molecule has 5 rings (SSSR count). The number of piperidine rings is 1. The van der Waals surface area contributed by atoms with Crippen molar-refractivity contribution in [2.45, 2.75) is 29.7 Å². The van der Waals surface area contributed by atoms with Crippen LogP contribution in [0, 0.1) is 0 Å². The van der Waals surface area contributed by atoms with Crippen LogP contribution in [0.5, 0.6) is 51.7 Å². The van der Waals surface area contributed by atoms with Crippen molar-refractivity contribution < 1.29 is 101 Å². The second kappa shape index (κ2) is 10.5. The molecule has 3 amide bonds. The van der Waals surface area contributed by atoms with Crippen molar-refractivity contribution >= 4 is 29.1 Å². The highest BCUT2D eigenvalue weighted by Gasteiger charge is 2.71. The van der Waals surface area contributed by atoms with Crippen molar-refractivity contribution in [2.75, 3.05) is 23.5 Å². The lowest BCUT2D eigenvalue weighted by Crippen LogP contribution is -2.80. The van der Waals surface area contributed by atoms with E-state index >= 15 is 0 Å². The molecule has 0 saturated carbocycles. The van der Waals surface area contributed by atoms with Gasteiger partial charge in [-0.2, -0.15) is 5.10 Å². The molecule has 50 heavy (non-hydrogen) atoms. The molecule has 1 fully saturated rings. The summed E-state index contributed by atoms with van der Waals surface area (Å²) < 4.78 is 4.83. The summed E-state index contributed by atoms with van der Waals surface area (Å²) in [5.41, 5.74) is -1.96. The van der Waals surface area contributed by atoms with E-state index in [9.17, 15) is 96.1 Å². The molecule has 2 aromatic carbocycles. The minimum absolute atomic E-state index is 0.151. The Balaban J connectivity index is 1.77. The van der Waals surface area contributed by atoms with E-state index in [-0.39, 0.29) is 9.58 Å². The molecule has 270 valence electrons. The van der Waals surface area contributed by atoms with Gasteiger partial charge in [-0.25, -0.2) is 9.58 Å². The normalized spacial score (nSPS) is 19.0. The maximum Gasteiger partial charge on any atom is 0.306 e. The number of primary amides is 1. The summed E-state index contributed by atoms with van der Waals surface area (Å²) >= 11 is 0. The third-order valence-corrected chi connectivity index (χ3v) is 7.94. The summed E-state index contributed by atoms with van der Waals surface area (Å²) in [6, 6.07) is 0. The van der Waals surface area contributed by atoms with Gasteiger partial charge in [0.15, 0.2) is 45.9 Å². The highest BCUT2D eigenvalue weighted by atomic mass is 16.7. The van der Waals surface area contributed by atoms with Gasteiger partial charge in [-0.15, -0.1) is 0 Å². The number of ether oxygens (including phenoxy) is 1. The molecule has 1 aromatic heterocycles. The van der Waals surface area contributed by atoms with Gasteiger partial charge < -0.3 is 92.2 Å². The summed E-state index contributed by atoms with van der Waals surface area (Å²) in [7, 11) is 0.897. The van der Waals surface area contributed by atoms with E-state index in [1.165, 1.54) is 0 Å². The quantitative estimate of drug-likeness (QED) is 0.0663. The van der Waals surface area contributed by atoms with Gasteiger partial charge in [-0.3, -0.25) is 19.3 Å². The topological polar surface area (TPSA) is 434 Å². The standard InChI is InChI=1S/C25H25N5O20/c1-50-18-16(37)14(35)9(15(36)17(18)38)30-6-4(5(27-30)19(26)39)2-23(44,45)29(20(6)40)8-12(33)10(31)7(11(32)13(8)34)28-3-22(42,43)25(48,49)24(46,47)21(28)41/h31-38,42-49H,2-3H2,1H3,(H2,26,39). The molecule has 2 aliphatic heterocycles. The molecule has 0 radical (unpaired) electrons. The largest absolute Gasteiger partial charge is 0.503 e. The van der Waals surface area contributed by atoms with Gasteiger partial charge in [-0.05, 0) is 0 Å². The Kier molecular flexibility index (Phi) is 7.38. The second-order valence-corrected chi connectivity index (χ2v) is 11.0. The zero-order valence-electron chi connectivity index (χ0n) is 24.6.